The molecule has 0 amide bonds. The predicted octanol–water partition coefficient (Wildman–Crippen LogP) is 9.01. The van der Waals surface area contributed by atoms with Gasteiger partial charge in [0.2, 0.25) is 0 Å². The summed E-state index contributed by atoms with van der Waals surface area (Å²) in [6.45, 7) is 9.42. The van der Waals surface area contributed by atoms with Crippen molar-refractivity contribution >= 4 is 21.9 Å². The Morgan fingerprint density at radius 3 is 2.58 bits per heavy atom. The summed E-state index contributed by atoms with van der Waals surface area (Å²) >= 11 is 3.37. The maximum atomic E-state index is 12.1. The van der Waals surface area contributed by atoms with E-state index in [4.69, 9.17) is 4.74 Å². The second-order valence-electron chi connectivity index (χ2n) is 12.6. The van der Waals surface area contributed by atoms with Crippen molar-refractivity contribution in [2.45, 2.75) is 135 Å². The molecule has 4 aliphatic rings. The molecular formula is C30H49BrO2. The monoisotopic (exact) mass is 520 g/mol. The number of rotatable bonds is 9. The van der Waals surface area contributed by atoms with Crippen LogP contribution in [0.25, 0.3) is 0 Å². The van der Waals surface area contributed by atoms with E-state index in [1.165, 1.54) is 83.5 Å². The van der Waals surface area contributed by atoms with Crippen molar-refractivity contribution in [2.75, 3.05) is 0 Å². The number of unbranched alkanes of at least 4 members (excludes halogenated alkanes) is 5. The second-order valence-corrected chi connectivity index (χ2v) is 13.9. The van der Waals surface area contributed by atoms with Crippen LogP contribution in [0, 0.1) is 34.5 Å². The molecule has 3 heteroatoms. The van der Waals surface area contributed by atoms with E-state index in [1.807, 2.05) is 6.92 Å². The normalized spacial score (nSPS) is 40.9. The Morgan fingerprint density at radius 1 is 1.06 bits per heavy atom. The van der Waals surface area contributed by atoms with Gasteiger partial charge in [-0.05, 0) is 92.8 Å². The van der Waals surface area contributed by atoms with Crippen LogP contribution in [0.2, 0.25) is 0 Å². The maximum Gasteiger partial charge on any atom is 0.319 e. The molecule has 5 unspecified atom stereocenters. The summed E-state index contributed by atoms with van der Waals surface area (Å²) in [7, 11) is 0. The van der Waals surface area contributed by atoms with Gasteiger partial charge in [-0.15, -0.1) is 0 Å². The van der Waals surface area contributed by atoms with Crippen LogP contribution in [-0.2, 0) is 9.53 Å². The van der Waals surface area contributed by atoms with E-state index in [0.29, 0.717) is 10.8 Å². The Labute approximate surface area is 212 Å². The van der Waals surface area contributed by atoms with Crippen LogP contribution in [0.5, 0.6) is 0 Å². The molecule has 0 aromatic carbocycles. The minimum Gasteiger partial charge on any atom is -0.461 e. The van der Waals surface area contributed by atoms with Crippen LogP contribution in [0.4, 0.5) is 0 Å². The van der Waals surface area contributed by atoms with Crippen molar-refractivity contribution in [1.29, 1.82) is 0 Å². The standard InChI is InChI=1S/C30H49BrO2/c1-5-6-7-8-9-10-11-22-13-15-26-25-14-12-23-20-24(33-28(32)21(2)31)16-18-30(23,4)27(25)17-19-29(22,26)3/h12,21-22,24-27H,5-11,13-20H2,1-4H3/t21?,22?,24-,25?,26?,27?,29+,30-/m0/s1. The average molecular weight is 522 g/mol. The first-order valence-corrected chi connectivity index (χ1v) is 15.2. The fraction of sp³-hybridized carbons (Fsp3) is 0.900. The molecule has 0 radical (unpaired) electrons. The number of halogens is 1. The van der Waals surface area contributed by atoms with E-state index in [1.54, 1.807) is 5.57 Å². The number of hydrogen-bond acceptors (Lipinski definition) is 2. The third-order valence-corrected chi connectivity index (χ3v) is 11.1. The van der Waals surface area contributed by atoms with E-state index in [-0.39, 0.29) is 16.9 Å². The molecule has 8 atom stereocenters. The number of alkyl halides is 1. The van der Waals surface area contributed by atoms with Gasteiger partial charge in [0.05, 0.1) is 0 Å². The number of hydrogen-bond donors (Lipinski definition) is 0. The summed E-state index contributed by atoms with van der Waals surface area (Å²) < 4.78 is 5.82. The number of ether oxygens (including phenoxy) is 1. The van der Waals surface area contributed by atoms with E-state index in [2.05, 4.69) is 42.8 Å². The molecule has 188 valence electrons. The molecule has 2 nitrogen and oxygen atoms in total. The van der Waals surface area contributed by atoms with Gasteiger partial charge in [-0.1, -0.05) is 86.9 Å². The summed E-state index contributed by atoms with van der Waals surface area (Å²) in [5.41, 5.74) is 2.54. The SMILES string of the molecule is CCCCCCCCC1CCC2C3CC=C4C[C@@H](OC(=O)C(C)Br)CC[C@]4(C)C3CC[C@]12C. The molecule has 0 N–H and O–H groups in total. The average Bonchev–Trinajstić information content (AvgIpc) is 3.12. The highest BCUT2D eigenvalue weighted by atomic mass is 79.9. The van der Waals surface area contributed by atoms with Crippen LogP contribution in [0.1, 0.15) is 124 Å². The third-order valence-electron chi connectivity index (χ3n) is 10.8. The van der Waals surface area contributed by atoms with E-state index in [9.17, 15) is 4.79 Å². The summed E-state index contributed by atoms with van der Waals surface area (Å²) in [6, 6.07) is 0. The van der Waals surface area contributed by atoms with Gasteiger partial charge >= 0.3 is 5.97 Å². The molecule has 4 rings (SSSR count). The molecule has 0 aromatic rings. The Kier molecular flexibility index (Phi) is 8.40. The first-order chi connectivity index (χ1) is 15.8. The lowest BCUT2D eigenvalue weighted by Crippen LogP contribution is -2.50. The van der Waals surface area contributed by atoms with Gasteiger partial charge in [-0.2, -0.15) is 0 Å². The lowest BCUT2D eigenvalue weighted by Gasteiger charge is -2.58. The summed E-state index contributed by atoms with van der Waals surface area (Å²) in [4.78, 5) is 11.9. The lowest BCUT2D eigenvalue weighted by molar-refractivity contribution is -0.150. The quantitative estimate of drug-likeness (QED) is 0.131. The highest BCUT2D eigenvalue weighted by Crippen LogP contribution is 2.66. The Morgan fingerprint density at radius 2 is 1.82 bits per heavy atom. The van der Waals surface area contributed by atoms with Crippen LogP contribution >= 0.6 is 15.9 Å². The van der Waals surface area contributed by atoms with Crippen LogP contribution in [0.15, 0.2) is 11.6 Å². The van der Waals surface area contributed by atoms with Crippen molar-refractivity contribution in [3.8, 4) is 0 Å². The van der Waals surface area contributed by atoms with Gasteiger partial charge in [0, 0.05) is 6.42 Å². The molecule has 4 aliphatic carbocycles. The predicted molar refractivity (Wildman–Crippen MR) is 141 cm³/mol. The summed E-state index contributed by atoms with van der Waals surface area (Å²) in [6.07, 6.45) is 23.0. The molecule has 0 bridgehead atoms. The molecule has 3 saturated carbocycles. The fourth-order valence-electron chi connectivity index (χ4n) is 8.74. The topological polar surface area (TPSA) is 26.3 Å². The highest BCUT2D eigenvalue weighted by molar-refractivity contribution is 9.10. The highest BCUT2D eigenvalue weighted by Gasteiger charge is 2.58. The molecule has 0 spiro atoms. The zero-order chi connectivity index (χ0) is 23.6. The first kappa shape index (κ1) is 25.8. The molecule has 0 saturated heterocycles. The first-order valence-electron chi connectivity index (χ1n) is 14.3. The van der Waals surface area contributed by atoms with Crippen LogP contribution in [-0.4, -0.2) is 16.9 Å². The minimum absolute atomic E-state index is 0.0791. The van der Waals surface area contributed by atoms with Crippen molar-refractivity contribution in [3.63, 3.8) is 0 Å². The number of carbonyl (C=O) groups excluding carboxylic acids is 1. The number of allylic oxidation sites excluding steroid dienone is 1. The van der Waals surface area contributed by atoms with E-state index in [0.717, 1.165) is 36.5 Å². The summed E-state index contributed by atoms with van der Waals surface area (Å²) in [5, 5.41) is 0. The number of carbonyl (C=O) groups is 1. The third kappa shape index (κ3) is 5.14. The van der Waals surface area contributed by atoms with Gasteiger partial charge in [0.25, 0.3) is 0 Å². The van der Waals surface area contributed by atoms with Gasteiger partial charge < -0.3 is 4.74 Å². The molecular weight excluding hydrogens is 472 g/mol. The molecule has 0 heterocycles. The van der Waals surface area contributed by atoms with Gasteiger partial charge in [-0.3, -0.25) is 4.79 Å². The van der Waals surface area contributed by atoms with Crippen LogP contribution < -0.4 is 0 Å². The van der Waals surface area contributed by atoms with Gasteiger partial charge in [-0.25, -0.2) is 0 Å². The van der Waals surface area contributed by atoms with Crippen molar-refractivity contribution < 1.29 is 9.53 Å². The van der Waals surface area contributed by atoms with Gasteiger partial charge in [0.15, 0.2) is 0 Å². The van der Waals surface area contributed by atoms with Crippen LogP contribution in [0.3, 0.4) is 0 Å². The van der Waals surface area contributed by atoms with Crippen molar-refractivity contribution in [1.82, 2.24) is 0 Å². The number of fused-ring (bicyclic) bond motifs is 5. The Balaban J connectivity index is 1.38. The molecule has 33 heavy (non-hydrogen) atoms. The van der Waals surface area contributed by atoms with Crippen molar-refractivity contribution in [2.24, 2.45) is 34.5 Å². The lowest BCUT2D eigenvalue weighted by atomic mass is 9.47. The second kappa shape index (κ2) is 10.8. The zero-order valence-electron chi connectivity index (χ0n) is 21.8. The molecule has 0 aromatic heterocycles. The van der Waals surface area contributed by atoms with E-state index >= 15 is 0 Å². The minimum atomic E-state index is -0.210. The fourth-order valence-corrected chi connectivity index (χ4v) is 8.85. The number of esters is 1. The van der Waals surface area contributed by atoms with Crippen molar-refractivity contribution in [3.05, 3.63) is 11.6 Å². The smallest absolute Gasteiger partial charge is 0.319 e. The maximum absolute atomic E-state index is 12.1. The van der Waals surface area contributed by atoms with Gasteiger partial charge in [0.1, 0.15) is 10.9 Å². The summed E-state index contributed by atoms with van der Waals surface area (Å²) in [5.74, 6) is 3.52. The Hall–Kier alpha value is -0.310. The molecule has 3 fully saturated rings. The van der Waals surface area contributed by atoms with E-state index < -0.39 is 0 Å². The Bertz CT molecular complexity index is 714. The molecule has 0 aliphatic heterocycles. The largest absolute Gasteiger partial charge is 0.461 e. The zero-order valence-corrected chi connectivity index (χ0v) is 23.4.